The Morgan fingerprint density at radius 2 is 1.83 bits per heavy atom. The SMILES string of the molecule is CC(=O)O[C@H]1C[C@H](O)CC2=CC=C3[C@@H]4CC[C@H]([C@H](C)CCCC(C)(C)OC(C)=O)[C@@]4(C)CC[C@@H]3[C@]21C. The van der Waals surface area contributed by atoms with Crippen molar-refractivity contribution in [1.29, 1.82) is 0 Å². The van der Waals surface area contributed by atoms with E-state index in [1.807, 2.05) is 13.8 Å². The number of carbonyl (C=O) groups is 2. The third-order valence-electron chi connectivity index (χ3n) is 10.5. The summed E-state index contributed by atoms with van der Waals surface area (Å²) in [7, 11) is 0. The molecule has 0 unspecified atom stereocenters. The van der Waals surface area contributed by atoms with Gasteiger partial charge in [0.2, 0.25) is 0 Å². The first kappa shape index (κ1) is 27.4. The van der Waals surface area contributed by atoms with Crippen LogP contribution in [0.1, 0.15) is 106 Å². The van der Waals surface area contributed by atoms with E-state index >= 15 is 0 Å². The number of hydrogen-bond donors (Lipinski definition) is 1. The number of aliphatic hydroxyl groups excluding tert-OH is 1. The summed E-state index contributed by atoms with van der Waals surface area (Å²) in [5.74, 6) is 1.82. The lowest BCUT2D eigenvalue weighted by atomic mass is 9.49. The number of carbonyl (C=O) groups excluding carboxylic acids is 2. The van der Waals surface area contributed by atoms with E-state index in [2.05, 4.69) is 32.9 Å². The summed E-state index contributed by atoms with van der Waals surface area (Å²) in [4.78, 5) is 23.4. The van der Waals surface area contributed by atoms with Crippen LogP contribution in [0.15, 0.2) is 23.3 Å². The average molecular weight is 501 g/mol. The van der Waals surface area contributed by atoms with Gasteiger partial charge < -0.3 is 14.6 Å². The third kappa shape index (κ3) is 4.93. The first-order chi connectivity index (χ1) is 16.8. The van der Waals surface area contributed by atoms with Crippen molar-refractivity contribution >= 4 is 11.9 Å². The van der Waals surface area contributed by atoms with Crippen LogP contribution in [0.4, 0.5) is 0 Å². The summed E-state index contributed by atoms with van der Waals surface area (Å²) in [5.41, 5.74) is 2.49. The van der Waals surface area contributed by atoms with E-state index in [1.165, 1.54) is 38.7 Å². The first-order valence-electron chi connectivity index (χ1n) is 14.2. The van der Waals surface area contributed by atoms with Gasteiger partial charge in [0.25, 0.3) is 0 Å². The Morgan fingerprint density at radius 3 is 2.50 bits per heavy atom. The normalized spacial score (nSPS) is 38.6. The number of hydrogen-bond acceptors (Lipinski definition) is 5. The zero-order valence-corrected chi connectivity index (χ0v) is 23.6. The molecular formula is C31H48O5. The van der Waals surface area contributed by atoms with E-state index in [0.29, 0.717) is 41.9 Å². The van der Waals surface area contributed by atoms with Crippen molar-refractivity contribution in [3.63, 3.8) is 0 Å². The van der Waals surface area contributed by atoms with Gasteiger partial charge in [-0.2, -0.15) is 0 Å². The van der Waals surface area contributed by atoms with Crippen LogP contribution in [0.5, 0.6) is 0 Å². The molecule has 0 radical (unpaired) electrons. The number of rotatable bonds is 7. The van der Waals surface area contributed by atoms with Crippen LogP contribution in [-0.4, -0.2) is 34.9 Å². The van der Waals surface area contributed by atoms with Gasteiger partial charge in [0.05, 0.1) is 6.10 Å². The summed E-state index contributed by atoms with van der Waals surface area (Å²) in [6.07, 6.45) is 13.1. The van der Waals surface area contributed by atoms with E-state index in [0.717, 1.165) is 25.7 Å². The van der Waals surface area contributed by atoms with Crippen LogP contribution >= 0.6 is 0 Å². The molecule has 5 heteroatoms. The van der Waals surface area contributed by atoms with Gasteiger partial charge in [-0.05, 0) is 87.9 Å². The molecule has 0 aliphatic heterocycles. The molecule has 4 aliphatic rings. The van der Waals surface area contributed by atoms with Crippen molar-refractivity contribution in [2.75, 3.05) is 0 Å². The zero-order chi connectivity index (χ0) is 26.5. The molecule has 0 aromatic rings. The molecule has 3 fully saturated rings. The van der Waals surface area contributed by atoms with Gasteiger partial charge in [0.15, 0.2) is 0 Å². The molecule has 0 aromatic carbocycles. The van der Waals surface area contributed by atoms with Gasteiger partial charge in [-0.15, -0.1) is 0 Å². The Hall–Kier alpha value is -1.62. The van der Waals surface area contributed by atoms with Crippen molar-refractivity contribution in [3.8, 4) is 0 Å². The van der Waals surface area contributed by atoms with Crippen molar-refractivity contribution < 1.29 is 24.2 Å². The monoisotopic (exact) mass is 500 g/mol. The molecule has 1 N–H and O–H groups in total. The van der Waals surface area contributed by atoms with Crippen molar-refractivity contribution in [2.24, 2.45) is 34.5 Å². The zero-order valence-electron chi connectivity index (χ0n) is 23.6. The fraction of sp³-hybridized carbons (Fsp3) is 0.806. The Labute approximate surface area is 218 Å². The molecule has 0 saturated heterocycles. The molecule has 5 nitrogen and oxygen atoms in total. The molecular weight excluding hydrogens is 452 g/mol. The molecule has 36 heavy (non-hydrogen) atoms. The lowest BCUT2D eigenvalue weighted by Crippen LogP contribution is -2.53. The summed E-state index contributed by atoms with van der Waals surface area (Å²) < 4.78 is 11.4. The minimum Gasteiger partial charge on any atom is -0.462 e. The standard InChI is InChI=1S/C31H48O5/c1-19(9-8-15-29(4,5)36-21(3)33)25-12-13-26-24-11-10-22-17-23(34)18-28(35-20(2)32)31(22,7)27(24)14-16-30(25,26)6/h10-11,19,23,25-28,34H,8-9,12-18H2,1-7H3/t19-,23-,25-,26+,27+,28+,30-,31+/m1/s1. The second-order valence-electron chi connectivity index (χ2n) is 13.4. The first-order valence-corrected chi connectivity index (χ1v) is 14.2. The summed E-state index contributed by atoms with van der Waals surface area (Å²) in [6.45, 7) is 14.2. The number of ether oxygens (including phenoxy) is 2. The molecule has 202 valence electrons. The Kier molecular flexibility index (Phi) is 7.56. The van der Waals surface area contributed by atoms with Gasteiger partial charge in [0.1, 0.15) is 11.7 Å². The van der Waals surface area contributed by atoms with E-state index < -0.39 is 11.7 Å². The lowest BCUT2D eigenvalue weighted by molar-refractivity contribution is -0.160. The van der Waals surface area contributed by atoms with Crippen LogP contribution in [0.3, 0.4) is 0 Å². The molecule has 0 aromatic heterocycles. The van der Waals surface area contributed by atoms with Crippen molar-refractivity contribution in [1.82, 2.24) is 0 Å². The molecule has 8 atom stereocenters. The summed E-state index contributed by atoms with van der Waals surface area (Å²) >= 11 is 0. The van der Waals surface area contributed by atoms with E-state index in [9.17, 15) is 14.7 Å². The topological polar surface area (TPSA) is 72.8 Å². The molecule has 0 heterocycles. The molecule has 0 bridgehead atoms. The molecule has 0 spiro atoms. The highest BCUT2D eigenvalue weighted by atomic mass is 16.6. The number of fused-ring (bicyclic) bond motifs is 5. The largest absolute Gasteiger partial charge is 0.462 e. The maximum Gasteiger partial charge on any atom is 0.303 e. The van der Waals surface area contributed by atoms with E-state index in [1.54, 1.807) is 5.57 Å². The maximum atomic E-state index is 12.0. The predicted molar refractivity (Wildman–Crippen MR) is 141 cm³/mol. The highest BCUT2D eigenvalue weighted by Crippen LogP contribution is 2.66. The Balaban J connectivity index is 1.50. The van der Waals surface area contributed by atoms with Crippen LogP contribution in [0.25, 0.3) is 0 Å². The highest BCUT2D eigenvalue weighted by molar-refractivity contribution is 5.66. The van der Waals surface area contributed by atoms with Gasteiger partial charge in [-0.1, -0.05) is 50.5 Å². The van der Waals surface area contributed by atoms with Gasteiger partial charge in [-0.25, -0.2) is 0 Å². The van der Waals surface area contributed by atoms with E-state index in [4.69, 9.17) is 9.47 Å². The number of aliphatic hydroxyl groups is 1. The maximum absolute atomic E-state index is 12.0. The Bertz CT molecular complexity index is 931. The van der Waals surface area contributed by atoms with Crippen molar-refractivity contribution in [2.45, 2.75) is 124 Å². The third-order valence-corrected chi connectivity index (χ3v) is 10.5. The Morgan fingerprint density at radius 1 is 1.11 bits per heavy atom. The summed E-state index contributed by atoms with van der Waals surface area (Å²) in [6, 6.07) is 0. The minimum absolute atomic E-state index is 0.203. The smallest absolute Gasteiger partial charge is 0.303 e. The number of allylic oxidation sites excluding steroid dienone is 3. The molecule has 4 rings (SSSR count). The minimum atomic E-state index is -0.444. The lowest BCUT2D eigenvalue weighted by Gasteiger charge is -2.57. The van der Waals surface area contributed by atoms with E-state index in [-0.39, 0.29) is 23.5 Å². The summed E-state index contributed by atoms with van der Waals surface area (Å²) in [5, 5.41) is 10.5. The second-order valence-corrected chi connectivity index (χ2v) is 13.4. The fourth-order valence-electron chi connectivity index (χ4n) is 8.86. The fourth-order valence-corrected chi connectivity index (χ4v) is 8.86. The second kappa shape index (κ2) is 9.93. The number of esters is 2. The molecule has 4 aliphatic carbocycles. The predicted octanol–water partition coefficient (Wildman–Crippen LogP) is 6.54. The quantitative estimate of drug-likeness (QED) is 0.402. The van der Waals surface area contributed by atoms with Crippen LogP contribution < -0.4 is 0 Å². The van der Waals surface area contributed by atoms with Gasteiger partial charge >= 0.3 is 11.9 Å². The van der Waals surface area contributed by atoms with Crippen LogP contribution in [0, 0.1) is 34.5 Å². The molecule has 0 amide bonds. The molecule has 3 saturated carbocycles. The van der Waals surface area contributed by atoms with Crippen molar-refractivity contribution in [3.05, 3.63) is 23.3 Å². The van der Waals surface area contributed by atoms with Gasteiger partial charge in [-0.3, -0.25) is 9.59 Å². The van der Waals surface area contributed by atoms with Crippen LogP contribution in [-0.2, 0) is 19.1 Å². The van der Waals surface area contributed by atoms with Crippen LogP contribution in [0.2, 0.25) is 0 Å². The average Bonchev–Trinajstić information content (AvgIpc) is 3.10. The highest BCUT2D eigenvalue weighted by Gasteiger charge is 2.59. The van der Waals surface area contributed by atoms with Gasteiger partial charge in [0, 0.05) is 25.7 Å².